The normalized spacial score (nSPS) is 16.5. The molecule has 2 saturated heterocycles. The Balaban J connectivity index is 1.24. The first kappa shape index (κ1) is 31.4. The lowest BCUT2D eigenvalue weighted by atomic mass is 10.1. The first-order chi connectivity index (χ1) is 22.4. The Kier molecular flexibility index (Phi) is 8.21. The van der Waals surface area contributed by atoms with Gasteiger partial charge < -0.3 is 29.5 Å². The first-order valence-electron chi connectivity index (χ1n) is 14.5. The second-order valence-electron chi connectivity index (χ2n) is 11.1. The molecule has 244 valence electrons. The van der Waals surface area contributed by atoms with Crippen LogP contribution in [0.25, 0.3) is 16.6 Å². The van der Waals surface area contributed by atoms with Crippen molar-refractivity contribution in [3.8, 4) is 5.69 Å². The number of anilines is 3. The largest absolute Gasteiger partial charge is 0.477 e. The van der Waals surface area contributed by atoms with Gasteiger partial charge in [-0.05, 0) is 42.5 Å². The number of amides is 2. The van der Waals surface area contributed by atoms with Gasteiger partial charge in [-0.25, -0.2) is 27.2 Å². The van der Waals surface area contributed by atoms with E-state index in [4.69, 9.17) is 4.74 Å². The van der Waals surface area contributed by atoms with Crippen LogP contribution in [0.3, 0.4) is 0 Å². The second-order valence-corrected chi connectivity index (χ2v) is 11.1. The third-order valence-electron chi connectivity index (χ3n) is 8.13. The number of piperazine rings is 1. The predicted molar refractivity (Wildman–Crippen MR) is 164 cm³/mol. The van der Waals surface area contributed by atoms with Gasteiger partial charge in [-0.1, -0.05) is 0 Å². The van der Waals surface area contributed by atoms with E-state index in [0.29, 0.717) is 6.07 Å². The molecule has 0 spiro atoms. The molecule has 0 radical (unpaired) electrons. The standard InChI is InChI=1S/C32H27F4N5O6/c1-17(42)37-14-20-15-40(32(46)47-20)19-3-5-26(24(35)11-19)38-6-8-39(9-7-38)29-13-28-21(12-25(29)36)30(43)22(31(44)45)16-41(28)27-4-2-18(33)10-23(27)34/h2-5,10-13,16,20H,6-9,14-15H2,1H3,(H,37,42)(H,44,45)/t20-/m0/s1. The number of halogens is 4. The van der Waals surface area contributed by atoms with Crippen LogP contribution in [0, 0.1) is 23.3 Å². The molecule has 0 aliphatic carbocycles. The number of hydrogen-bond acceptors (Lipinski definition) is 7. The number of benzene rings is 3. The monoisotopic (exact) mass is 653 g/mol. The van der Waals surface area contributed by atoms with E-state index < -0.39 is 52.4 Å². The maximum absolute atomic E-state index is 15.5. The molecule has 2 aliphatic rings. The fourth-order valence-electron chi connectivity index (χ4n) is 5.81. The Morgan fingerprint density at radius 3 is 2.15 bits per heavy atom. The number of ether oxygens (including phenoxy) is 1. The summed E-state index contributed by atoms with van der Waals surface area (Å²) in [6.45, 7) is 2.56. The van der Waals surface area contributed by atoms with E-state index in [0.717, 1.165) is 29.0 Å². The summed E-state index contributed by atoms with van der Waals surface area (Å²) in [7, 11) is 0. The summed E-state index contributed by atoms with van der Waals surface area (Å²) >= 11 is 0. The van der Waals surface area contributed by atoms with Gasteiger partial charge in [-0.2, -0.15) is 0 Å². The molecule has 3 aromatic carbocycles. The molecular formula is C32H27F4N5O6. The van der Waals surface area contributed by atoms with Crippen LogP contribution in [-0.4, -0.2) is 73.0 Å². The molecule has 4 aromatic rings. The number of fused-ring (bicyclic) bond motifs is 1. The molecule has 0 bridgehead atoms. The van der Waals surface area contributed by atoms with Gasteiger partial charge in [0.25, 0.3) is 0 Å². The molecule has 47 heavy (non-hydrogen) atoms. The lowest BCUT2D eigenvalue weighted by Gasteiger charge is -2.37. The summed E-state index contributed by atoms with van der Waals surface area (Å²) in [6, 6.07) is 9.18. The molecule has 1 aromatic heterocycles. The van der Waals surface area contributed by atoms with Gasteiger partial charge in [-0.3, -0.25) is 14.5 Å². The molecule has 2 amide bonds. The van der Waals surface area contributed by atoms with Gasteiger partial charge in [0, 0.05) is 50.8 Å². The van der Waals surface area contributed by atoms with Gasteiger partial charge in [0.2, 0.25) is 11.3 Å². The van der Waals surface area contributed by atoms with Crippen LogP contribution >= 0.6 is 0 Å². The molecular weight excluding hydrogens is 626 g/mol. The van der Waals surface area contributed by atoms with E-state index in [-0.39, 0.29) is 78.8 Å². The first-order valence-corrected chi connectivity index (χ1v) is 14.5. The second kappa shape index (κ2) is 12.3. The minimum Gasteiger partial charge on any atom is -0.477 e. The van der Waals surface area contributed by atoms with Crippen molar-refractivity contribution in [3.05, 3.63) is 93.8 Å². The molecule has 2 fully saturated rings. The van der Waals surface area contributed by atoms with E-state index in [1.54, 1.807) is 15.9 Å². The molecule has 11 nitrogen and oxygen atoms in total. The van der Waals surface area contributed by atoms with Crippen LogP contribution in [0.4, 0.5) is 39.4 Å². The number of carbonyl (C=O) groups is 3. The SMILES string of the molecule is CC(=O)NC[C@H]1CN(c2ccc(N3CCN(c4cc5c(cc4F)c(=O)c(C(=O)O)cn5-c4ccc(F)cc4F)CC3)c(F)c2)C(=O)O1. The third kappa shape index (κ3) is 6.03. The summed E-state index contributed by atoms with van der Waals surface area (Å²) in [5, 5.41) is 11.8. The number of aromatic nitrogens is 1. The van der Waals surface area contributed by atoms with Crippen molar-refractivity contribution in [1.82, 2.24) is 9.88 Å². The van der Waals surface area contributed by atoms with Crippen molar-refractivity contribution in [1.29, 1.82) is 0 Å². The minimum absolute atomic E-state index is 0.00530. The highest BCUT2D eigenvalue weighted by Gasteiger charge is 2.33. The number of hydrogen-bond donors (Lipinski definition) is 2. The Hall–Kier alpha value is -5.60. The Bertz CT molecular complexity index is 2000. The Morgan fingerprint density at radius 1 is 0.872 bits per heavy atom. The maximum atomic E-state index is 15.5. The van der Waals surface area contributed by atoms with E-state index in [9.17, 15) is 33.1 Å². The molecule has 0 unspecified atom stereocenters. The van der Waals surface area contributed by atoms with Crippen molar-refractivity contribution in [2.75, 3.05) is 54.0 Å². The number of pyridine rings is 1. The van der Waals surface area contributed by atoms with Gasteiger partial charge in [0.15, 0.2) is 0 Å². The molecule has 3 heterocycles. The van der Waals surface area contributed by atoms with Gasteiger partial charge in [-0.15, -0.1) is 0 Å². The summed E-state index contributed by atoms with van der Waals surface area (Å²) in [5.41, 5.74) is -1.33. The van der Waals surface area contributed by atoms with Gasteiger partial charge in [0.1, 0.15) is 34.9 Å². The number of nitrogens with zero attached hydrogens (tertiary/aromatic N) is 4. The average molecular weight is 654 g/mol. The van der Waals surface area contributed by atoms with Gasteiger partial charge >= 0.3 is 12.1 Å². The molecule has 2 aliphatic heterocycles. The zero-order chi connectivity index (χ0) is 33.6. The van der Waals surface area contributed by atoms with Crippen molar-refractivity contribution >= 4 is 45.9 Å². The molecule has 1 atom stereocenters. The van der Waals surface area contributed by atoms with E-state index in [2.05, 4.69) is 5.32 Å². The summed E-state index contributed by atoms with van der Waals surface area (Å²) in [4.78, 5) is 52.9. The van der Waals surface area contributed by atoms with Crippen LogP contribution in [-0.2, 0) is 9.53 Å². The molecule has 2 N–H and O–H groups in total. The number of rotatable bonds is 7. The number of aromatic carboxylic acids is 1. The number of cyclic esters (lactones) is 1. The van der Waals surface area contributed by atoms with E-state index in [1.807, 2.05) is 0 Å². The van der Waals surface area contributed by atoms with Crippen LogP contribution in [0.5, 0.6) is 0 Å². The van der Waals surface area contributed by atoms with Crippen molar-refractivity contribution in [2.45, 2.75) is 13.0 Å². The molecule has 0 saturated carbocycles. The van der Waals surface area contributed by atoms with E-state index >= 15 is 8.78 Å². The highest BCUT2D eigenvalue weighted by Crippen LogP contribution is 2.32. The van der Waals surface area contributed by atoms with E-state index in [1.165, 1.54) is 30.0 Å². The summed E-state index contributed by atoms with van der Waals surface area (Å²) in [5.74, 6) is -5.16. The number of nitrogens with one attached hydrogen (secondary N) is 1. The van der Waals surface area contributed by atoms with Crippen LogP contribution in [0.1, 0.15) is 17.3 Å². The van der Waals surface area contributed by atoms with Crippen molar-refractivity contribution < 1.29 is 41.8 Å². The number of carbonyl (C=O) groups excluding carboxylic acids is 2. The minimum atomic E-state index is -1.60. The zero-order valence-electron chi connectivity index (χ0n) is 24.8. The molecule has 15 heteroatoms. The Morgan fingerprint density at radius 2 is 1.51 bits per heavy atom. The number of carboxylic acid groups (broad SMARTS) is 1. The van der Waals surface area contributed by atoms with Crippen molar-refractivity contribution in [2.24, 2.45) is 0 Å². The fourth-order valence-corrected chi connectivity index (χ4v) is 5.81. The summed E-state index contributed by atoms with van der Waals surface area (Å²) < 4.78 is 65.6. The topological polar surface area (TPSA) is 124 Å². The number of carboxylic acids is 1. The lowest BCUT2D eigenvalue weighted by Crippen LogP contribution is -2.47. The Labute approximate surface area is 264 Å². The highest BCUT2D eigenvalue weighted by molar-refractivity contribution is 5.94. The lowest BCUT2D eigenvalue weighted by molar-refractivity contribution is -0.119. The predicted octanol–water partition coefficient (Wildman–Crippen LogP) is 4.03. The van der Waals surface area contributed by atoms with Crippen LogP contribution in [0.15, 0.2) is 59.5 Å². The maximum Gasteiger partial charge on any atom is 0.414 e. The smallest absolute Gasteiger partial charge is 0.414 e. The highest BCUT2D eigenvalue weighted by atomic mass is 19.1. The van der Waals surface area contributed by atoms with Crippen LogP contribution in [0.2, 0.25) is 0 Å². The fraction of sp³-hybridized carbons (Fsp3) is 0.250. The average Bonchev–Trinajstić information content (AvgIpc) is 3.41. The quantitative estimate of drug-likeness (QED) is 0.287. The van der Waals surface area contributed by atoms with Crippen molar-refractivity contribution in [3.63, 3.8) is 0 Å². The third-order valence-corrected chi connectivity index (χ3v) is 8.13. The molecule has 6 rings (SSSR count). The summed E-state index contributed by atoms with van der Waals surface area (Å²) in [6.07, 6.45) is -0.327. The zero-order valence-corrected chi connectivity index (χ0v) is 24.8. The van der Waals surface area contributed by atoms with Crippen LogP contribution < -0.4 is 25.4 Å². The van der Waals surface area contributed by atoms with Gasteiger partial charge in [0.05, 0.1) is 41.4 Å².